The predicted molar refractivity (Wildman–Crippen MR) is 56.8 cm³/mol. The number of carbonyl (C=O) groups is 1. The second kappa shape index (κ2) is 3.84. The summed E-state index contributed by atoms with van der Waals surface area (Å²) in [6, 6.07) is 2.04. The Labute approximate surface area is 90.8 Å². The number of amides is 1. The minimum Gasteiger partial charge on any atom is -0.354 e. The molecule has 1 N–H and O–H groups in total. The van der Waals surface area contributed by atoms with Crippen molar-refractivity contribution < 1.29 is 4.79 Å². The van der Waals surface area contributed by atoms with Crippen LogP contribution < -0.4 is 5.32 Å². The molecule has 0 aromatic carbocycles. The Morgan fingerprint density at radius 2 is 2.27 bits per heavy atom. The van der Waals surface area contributed by atoms with Gasteiger partial charge in [-0.3, -0.25) is 4.79 Å². The first-order chi connectivity index (χ1) is 7.22. The van der Waals surface area contributed by atoms with Crippen LogP contribution in [0.4, 0.5) is 0 Å². The molecule has 2 fully saturated rings. The Bertz CT molecular complexity index is 297. The third-order valence-electron chi connectivity index (χ3n) is 3.83. The molecule has 0 aromatic rings. The second-order valence-corrected chi connectivity index (χ2v) is 4.94. The topological polar surface area (TPSA) is 52.9 Å². The fourth-order valence-corrected chi connectivity index (χ4v) is 2.31. The van der Waals surface area contributed by atoms with Crippen molar-refractivity contribution in [1.29, 1.82) is 5.26 Å². The summed E-state index contributed by atoms with van der Waals surface area (Å²) in [5.74, 6) is 0.326. The molecular formula is C12H18N2O. The molecule has 1 atom stereocenters. The van der Waals surface area contributed by atoms with Gasteiger partial charge in [0.1, 0.15) is 5.92 Å². The highest BCUT2D eigenvalue weighted by atomic mass is 16.1. The molecule has 2 aliphatic rings. The van der Waals surface area contributed by atoms with E-state index in [1.807, 2.05) is 13.0 Å². The van der Waals surface area contributed by atoms with E-state index in [0.717, 1.165) is 12.5 Å². The molecule has 2 aliphatic carbocycles. The van der Waals surface area contributed by atoms with Crippen LogP contribution in [0, 0.1) is 28.6 Å². The molecule has 2 saturated carbocycles. The van der Waals surface area contributed by atoms with E-state index in [9.17, 15) is 4.79 Å². The molecule has 3 nitrogen and oxygen atoms in total. The van der Waals surface area contributed by atoms with Crippen molar-refractivity contribution in [3.8, 4) is 6.07 Å². The largest absolute Gasteiger partial charge is 0.354 e. The summed E-state index contributed by atoms with van der Waals surface area (Å²) >= 11 is 0. The zero-order valence-electron chi connectivity index (χ0n) is 9.25. The Balaban J connectivity index is 1.78. The van der Waals surface area contributed by atoms with E-state index in [4.69, 9.17) is 5.26 Å². The van der Waals surface area contributed by atoms with Crippen molar-refractivity contribution >= 4 is 5.91 Å². The van der Waals surface area contributed by atoms with Gasteiger partial charge in [-0.15, -0.1) is 0 Å². The van der Waals surface area contributed by atoms with Crippen LogP contribution in [-0.4, -0.2) is 12.5 Å². The molecule has 3 heteroatoms. The summed E-state index contributed by atoms with van der Waals surface area (Å²) in [4.78, 5) is 11.6. The van der Waals surface area contributed by atoms with E-state index in [1.54, 1.807) is 0 Å². The average molecular weight is 206 g/mol. The first-order valence-electron chi connectivity index (χ1n) is 5.89. The third kappa shape index (κ3) is 2.14. The maximum atomic E-state index is 11.6. The van der Waals surface area contributed by atoms with Crippen molar-refractivity contribution in [2.45, 2.75) is 39.0 Å². The Hall–Kier alpha value is -1.04. The molecule has 82 valence electrons. The number of nitriles is 1. The molecule has 0 heterocycles. The fourth-order valence-electron chi connectivity index (χ4n) is 2.31. The highest BCUT2D eigenvalue weighted by Crippen LogP contribution is 2.60. The van der Waals surface area contributed by atoms with Crippen molar-refractivity contribution in [1.82, 2.24) is 5.32 Å². The number of carbonyl (C=O) groups excluding carboxylic acids is 1. The predicted octanol–water partition coefficient (Wildman–Crippen LogP) is 1.84. The van der Waals surface area contributed by atoms with Crippen LogP contribution in [-0.2, 0) is 4.79 Å². The maximum absolute atomic E-state index is 11.6. The minimum absolute atomic E-state index is 0.0769. The van der Waals surface area contributed by atoms with E-state index >= 15 is 0 Å². The summed E-state index contributed by atoms with van der Waals surface area (Å²) in [5.41, 5.74) is 0.434. The number of rotatable bonds is 5. The number of hydrogen-bond donors (Lipinski definition) is 1. The molecule has 0 bridgehead atoms. The van der Waals surface area contributed by atoms with E-state index in [1.165, 1.54) is 25.7 Å². The van der Waals surface area contributed by atoms with Crippen molar-refractivity contribution in [2.75, 3.05) is 6.54 Å². The van der Waals surface area contributed by atoms with Crippen LogP contribution in [0.3, 0.4) is 0 Å². The highest BCUT2D eigenvalue weighted by molar-refractivity contribution is 5.81. The van der Waals surface area contributed by atoms with Gasteiger partial charge in [0, 0.05) is 6.54 Å². The second-order valence-electron chi connectivity index (χ2n) is 4.94. The Morgan fingerprint density at radius 3 is 2.67 bits per heavy atom. The summed E-state index contributed by atoms with van der Waals surface area (Å²) < 4.78 is 0. The average Bonchev–Trinajstić information content (AvgIpc) is 3.08. The fraction of sp³-hybridized carbons (Fsp3) is 0.833. The first kappa shape index (κ1) is 10.5. The number of nitrogens with zero attached hydrogens (tertiary/aromatic N) is 1. The zero-order chi connectivity index (χ0) is 10.9. The van der Waals surface area contributed by atoms with E-state index in [0.29, 0.717) is 11.8 Å². The summed E-state index contributed by atoms with van der Waals surface area (Å²) in [6.45, 7) is 2.68. The lowest BCUT2D eigenvalue weighted by molar-refractivity contribution is -0.123. The van der Waals surface area contributed by atoms with Crippen LogP contribution in [0.5, 0.6) is 0 Å². The summed E-state index contributed by atoms with van der Waals surface area (Å²) in [7, 11) is 0. The number of nitrogens with one attached hydrogen (secondary N) is 1. The first-order valence-corrected chi connectivity index (χ1v) is 5.89. The van der Waals surface area contributed by atoms with E-state index in [2.05, 4.69) is 5.32 Å². The van der Waals surface area contributed by atoms with Crippen LogP contribution in [0.15, 0.2) is 0 Å². The molecule has 1 amide bonds. The van der Waals surface area contributed by atoms with Crippen molar-refractivity contribution in [3.05, 3.63) is 0 Å². The van der Waals surface area contributed by atoms with Crippen LogP contribution in [0.25, 0.3) is 0 Å². The molecular weight excluding hydrogens is 188 g/mol. The lowest BCUT2D eigenvalue weighted by Gasteiger charge is -2.16. The summed E-state index contributed by atoms with van der Waals surface area (Å²) in [6.07, 6.45) is 5.82. The minimum atomic E-state index is -0.458. The molecule has 15 heavy (non-hydrogen) atoms. The molecule has 0 aliphatic heterocycles. The molecule has 0 spiro atoms. The van der Waals surface area contributed by atoms with Gasteiger partial charge < -0.3 is 5.32 Å². The Kier molecular flexibility index (Phi) is 2.68. The smallest absolute Gasteiger partial charge is 0.237 e. The Morgan fingerprint density at radius 1 is 1.60 bits per heavy atom. The van der Waals surface area contributed by atoms with Gasteiger partial charge in [0.15, 0.2) is 0 Å². The van der Waals surface area contributed by atoms with E-state index < -0.39 is 5.92 Å². The van der Waals surface area contributed by atoms with Crippen LogP contribution in [0.2, 0.25) is 0 Å². The van der Waals surface area contributed by atoms with Gasteiger partial charge in [0.05, 0.1) is 6.07 Å². The normalized spacial score (nSPS) is 24.0. The van der Waals surface area contributed by atoms with Gasteiger partial charge in [-0.05, 0) is 43.4 Å². The maximum Gasteiger partial charge on any atom is 0.237 e. The molecule has 2 rings (SSSR count). The molecule has 0 aromatic heterocycles. The van der Waals surface area contributed by atoms with Gasteiger partial charge in [-0.25, -0.2) is 0 Å². The summed E-state index contributed by atoms with van der Waals surface area (Å²) in [5, 5.41) is 11.7. The molecule has 1 unspecified atom stereocenters. The van der Waals surface area contributed by atoms with Crippen molar-refractivity contribution in [2.24, 2.45) is 17.3 Å². The molecule has 0 saturated heterocycles. The lowest BCUT2D eigenvalue weighted by Crippen LogP contribution is -2.35. The third-order valence-corrected chi connectivity index (χ3v) is 3.83. The zero-order valence-corrected chi connectivity index (χ0v) is 9.25. The van der Waals surface area contributed by atoms with Gasteiger partial charge in [0.25, 0.3) is 0 Å². The van der Waals surface area contributed by atoms with Gasteiger partial charge in [0.2, 0.25) is 5.91 Å². The van der Waals surface area contributed by atoms with Crippen LogP contribution in [0.1, 0.15) is 39.0 Å². The van der Waals surface area contributed by atoms with Gasteiger partial charge >= 0.3 is 0 Å². The van der Waals surface area contributed by atoms with Crippen LogP contribution >= 0.6 is 0 Å². The quantitative estimate of drug-likeness (QED) is 0.746. The monoisotopic (exact) mass is 206 g/mol. The van der Waals surface area contributed by atoms with Gasteiger partial charge in [-0.2, -0.15) is 5.26 Å². The SMILES string of the molecule is CCC(C#N)C(=O)NCC1(C2CC2)CC1. The number of hydrogen-bond acceptors (Lipinski definition) is 2. The van der Waals surface area contributed by atoms with Gasteiger partial charge in [-0.1, -0.05) is 6.92 Å². The van der Waals surface area contributed by atoms with E-state index in [-0.39, 0.29) is 5.91 Å². The van der Waals surface area contributed by atoms with Crippen molar-refractivity contribution in [3.63, 3.8) is 0 Å². The highest BCUT2D eigenvalue weighted by Gasteiger charge is 2.53. The molecule has 0 radical (unpaired) electrons. The standard InChI is InChI=1S/C12H18N2O/c1-2-9(7-13)11(15)14-8-12(5-6-12)10-3-4-10/h9-10H,2-6,8H2,1H3,(H,14,15). The lowest BCUT2D eigenvalue weighted by atomic mass is 10.00.